The number of ether oxygens (including phenoxy) is 1. The zero-order valence-corrected chi connectivity index (χ0v) is 16.9. The highest BCUT2D eigenvalue weighted by Gasteiger charge is 2.46. The molecule has 6 atom stereocenters. The second-order valence-corrected chi connectivity index (χ2v) is 10.4. The maximum absolute atomic E-state index is 12.9. The third-order valence-electron chi connectivity index (χ3n) is 6.79. The van der Waals surface area contributed by atoms with E-state index in [9.17, 15) is 4.79 Å². The Morgan fingerprint density at radius 1 is 1.12 bits per heavy atom. The lowest BCUT2D eigenvalue weighted by atomic mass is 9.64. The summed E-state index contributed by atoms with van der Waals surface area (Å²) in [6.07, 6.45) is 8.97. The van der Waals surface area contributed by atoms with Crippen molar-refractivity contribution in [3.05, 3.63) is 48.0 Å². The van der Waals surface area contributed by atoms with Gasteiger partial charge in [0.1, 0.15) is 11.4 Å². The third-order valence-corrected chi connectivity index (χ3v) is 8.32. The van der Waals surface area contributed by atoms with Crippen LogP contribution in [0.3, 0.4) is 0 Å². The quantitative estimate of drug-likeness (QED) is 0.526. The van der Waals surface area contributed by atoms with Gasteiger partial charge in [0.2, 0.25) is 0 Å². The number of esters is 1. The van der Waals surface area contributed by atoms with Crippen LogP contribution in [0.25, 0.3) is 0 Å². The second kappa shape index (κ2) is 7.07. The number of rotatable bonds is 4. The van der Waals surface area contributed by atoms with Gasteiger partial charge in [-0.1, -0.05) is 69.7 Å². The molecule has 0 radical (unpaired) electrons. The van der Waals surface area contributed by atoms with Crippen LogP contribution in [-0.4, -0.2) is 22.6 Å². The van der Waals surface area contributed by atoms with Crippen LogP contribution >= 0.6 is 11.8 Å². The van der Waals surface area contributed by atoms with Crippen LogP contribution in [-0.2, 0) is 14.9 Å². The molecule has 0 aromatic heterocycles. The van der Waals surface area contributed by atoms with E-state index in [2.05, 4.69) is 63.3 Å². The molecule has 1 aromatic rings. The molecule has 1 heterocycles. The van der Waals surface area contributed by atoms with Crippen molar-refractivity contribution >= 4 is 17.7 Å². The first kappa shape index (κ1) is 18.2. The van der Waals surface area contributed by atoms with Crippen molar-refractivity contribution in [2.24, 2.45) is 17.8 Å². The monoisotopic (exact) mass is 370 g/mol. The van der Waals surface area contributed by atoms with E-state index < -0.39 is 0 Å². The summed E-state index contributed by atoms with van der Waals surface area (Å²) in [5.74, 6) is 1.42. The van der Waals surface area contributed by atoms with E-state index in [0.29, 0.717) is 23.0 Å². The first-order chi connectivity index (χ1) is 12.4. The fraction of sp³-hybridized carbons (Fsp3) is 0.609. The summed E-state index contributed by atoms with van der Waals surface area (Å²) in [6, 6.07) is 10.7. The van der Waals surface area contributed by atoms with Crippen LogP contribution in [0.5, 0.6) is 0 Å². The number of carbonyl (C=O) groups excluding carboxylic acids is 1. The van der Waals surface area contributed by atoms with Gasteiger partial charge in [-0.3, -0.25) is 4.79 Å². The minimum atomic E-state index is 0.00801. The number of hydrogen-bond donors (Lipinski definition) is 0. The van der Waals surface area contributed by atoms with Gasteiger partial charge in [-0.15, -0.1) is 11.8 Å². The predicted molar refractivity (Wildman–Crippen MR) is 108 cm³/mol. The van der Waals surface area contributed by atoms with Crippen molar-refractivity contribution in [3.8, 4) is 0 Å². The highest BCUT2D eigenvalue weighted by atomic mass is 32.2. The molecule has 2 nitrogen and oxygen atoms in total. The SMILES string of the molecule is C[C@@H]1CC[C@@H](C(C)(C)c2ccccc2)[C@H](OC(=O)[C@@H]2S[C@H]3C=C[C@@H]2C3)C1. The largest absolute Gasteiger partial charge is 0.461 e. The fourth-order valence-electron chi connectivity index (χ4n) is 5.12. The predicted octanol–water partition coefficient (Wildman–Crippen LogP) is 5.37. The first-order valence-corrected chi connectivity index (χ1v) is 11.0. The van der Waals surface area contributed by atoms with E-state index >= 15 is 0 Å². The standard InChI is InChI=1S/C23H30O2S/c1-15-9-12-19(23(2,3)17-7-5-4-6-8-17)20(13-15)25-22(24)21-16-10-11-18(14-16)26-21/h4-8,10-11,15-16,18-21H,9,12-14H2,1-3H3/t15-,16-,18+,19-,20-,21-/m1/s1. The van der Waals surface area contributed by atoms with Gasteiger partial charge in [-0.25, -0.2) is 0 Å². The van der Waals surface area contributed by atoms with Gasteiger partial charge < -0.3 is 4.74 Å². The molecule has 1 aliphatic heterocycles. The Morgan fingerprint density at radius 3 is 2.54 bits per heavy atom. The molecule has 3 heteroatoms. The van der Waals surface area contributed by atoms with Crippen molar-refractivity contribution < 1.29 is 9.53 Å². The third kappa shape index (κ3) is 3.35. The van der Waals surface area contributed by atoms with Crippen molar-refractivity contribution in [1.82, 2.24) is 0 Å². The Morgan fingerprint density at radius 2 is 1.88 bits per heavy atom. The Balaban J connectivity index is 1.52. The lowest BCUT2D eigenvalue weighted by Crippen LogP contribution is -2.44. The number of hydrogen-bond acceptors (Lipinski definition) is 3. The number of benzene rings is 1. The van der Waals surface area contributed by atoms with Gasteiger partial charge in [-0.2, -0.15) is 0 Å². The molecular weight excluding hydrogens is 340 g/mol. The van der Waals surface area contributed by atoms with Crippen LogP contribution < -0.4 is 0 Å². The molecule has 0 N–H and O–H groups in total. The lowest BCUT2D eigenvalue weighted by molar-refractivity contribution is -0.156. The van der Waals surface area contributed by atoms with E-state index in [1.165, 1.54) is 12.0 Å². The first-order valence-electron chi connectivity index (χ1n) is 10.0. The highest BCUT2D eigenvalue weighted by Crippen LogP contribution is 2.47. The van der Waals surface area contributed by atoms with Crippen molar-refractivity contribution in [1.29, 1.82) is 0 Å². The number of thioether (sulfide) groups is 1. The molecule has 1 saturated heterocycles. The molecule has 3 aliphatic rings. The van der Waals surface area contributed by atoms with Gasteiger partial charge in [0.15, 0.2) is 0 Å². The molecule has 26 heavy (non-hydrogen) atoms. The molecule has 2 aliphatic carbocycles. The number of carbonyl (C=O) groups is 1. The molecule has 4 rings (SSSR count). The van der Waals surface area contributed by atoms with Crippen LogP contribution in [0.2, 0.25) is 0 Å². The van der Waals surface area contributed by atoms with E-state index in [-0.39, 0.29) is 22.7 Å². The lowest BCUT2D eigenvalue weighted by Gasteiger charge is -2.44. The second-order valence-electron chi connectivity index (χ2n) is 8.97. The minimum Gasteiger partial charge on any atom is -0.461 e. The molecule has 2 fully saturated rings. The van der Waals surface area contributed by atoms with Gasteiger partial charge in [0.05, 0.1) is 0 Å². The molecule has 0 spiro atoms. The number of allylic oxidation sites excluding steroid dienone is 1. The summed E-state index contributed by atoms with van der Waals surface area (Å²) in [4.78, 5) is 12.9. The Labute approximate surface area is 161 Å². The zero-order valence-electron chi connectivity index (χ0n) is 16.1. The Kier molecular flexibility index (Phi) is 4.94. The topological polar surface area (TPSA) is 26.3 Å². The van der Waals surface area contributed by atoms with Crippen LogP contribution in [0.1, 0.15) is 52.0 Å². The average molecular weight is 371 g/mol. The smallest absolute Gasteiger partial charge is 0.319 e. The van der Waals surface area contributed by atoms with E-state index in [1.807, 2.05) is 0 Å². The van der Waals surface area contributed by atoms with Gasteiger partial charge in [-0.05, 0) is 36.2 Å². The van der Waals surface area contributed by atoms with Crippen molar-refractivity contribution in [2.75, 3.05) is 0 Å². The zero-order chi connectivity index (χ0) is 18.3. The maximum Gasteiger partial charge on any atom is 0.319 e. The fourth-order valence-corrected chi connectivity index (χ4v) is 6.58. The maximum atomic E-state index is 12.9. The summed E-state index contributed by atoms with van der Waals surface area (Å²) in [5.41, 5.74) is 1.35. The van der Waals surface area contributed by atoms with E-state index in [1.54, 1.807) is 11.8 Å². The normalized spacial score (nSPS) is 36.3. The summed E-state index contributed by atoms with van der Waals surface area (Å²) in [6.45, 7) is 6.93. The molecular formula is C23H30O2S. The molecule has 140 valence electrons. The van der Waals surface area contributed by atoms with Gasteiger partial charge in [0.25, 0.3) is 0 Å². The van der Waals surface area contributed by atoms with Crippen molar-refractivity contribution in [2.45, 2.75) is 68.5 Å². The van der Waals surface area contributed by atoms with E-state index in [0.717, 1.165) is 19.3 Å². The van der Waals surface area contributed by atoms with Crippen LogP contribution in [0, 0.1) is 17.8 Å². The molecule has 0 unspecified atom stereocenters. The number of fused-ring (bicyclic) bond motifs is 2. The summed E-state index contributed by atoms with van der Waals surface area (Å²) in [5, 5.41) is 0.544. The Bertz CT molecular complexity index is 681. The average Bonchev–Trinajstić information content (AvgIpc) is 3.26. The van der Waals surface area contributed by atoms with Gasteiger partial charge >= 0.3 is 5.97 Å². The summed E-state index contributed by atoms with van der Waals surface area (Å²) in [7, 11) is 0. The summed E-state index contributed by atoms with van der Waals surface area (Å²) < 4.78 is 6.23. The summed E-state index contributed by atoms with van der Waals surface area (Å²) >= 11 is 1.80. The highest BCUT2D eigenvalue weighted by molar-refractivity contribution is 8.01. The van der Waals surface area contributed by atoms with Crippen molar-refractivity contribution in [3.63, 3.8) is 0 Å². The molecule has 2 bridgehead atoms. The van der Waals surface area contributed by atoms with Crippen LogP contribution in [0.4, 0.5) is 0 Å². The van der Waals surface area contributed by atoms with E-state index in [4.69, 9.17) is 4.74 Å². The van der Waals surface area contributed by atoms with Crippen LogP contribution in [0.15, 0.2) is 42.5 Å². The molecule has 1 aromatic carbocycles. The Hall–Kier alpha value is -1.22. The van der Waals surface area contributed by atoms with Gasteiger partial charge in [0, 0.05) is 17.1 Å². The molecule has 0 amide bonds. The minimum absolute atomic E-state index is 0.00801. The molecule has 1 saturated carbocycles.